The lowest BCUT2D eigenvalue weighted by Crippen LogP contribution is -2.16. The van der Waals surface area contributed by atoms with Crippen molar-refractivity contribution < 1.29 is 15.0 Å². The molecule has 1 unspecified atom stereocenters. The number of carboxylic acids is 1. The first-order valence-corrected chi connectivity index (χ1v) is 3.00. The van der Waals surface area contributed by atoms with Crippen molar-refractivity contribution in [1.29, 1.82) is 0 Å². The number of aliphatic hydroxyl groups is 1. The first-order chi connectivity index (χ1) is 4.72. The van der Waals surface area contributed by atoms with E-state index < -0.39 is 11.9 Å². The quantitative estimate of drug-likeness (QED) is 0.573. The number of allylic oxidation sites excluding steroid dienone is 3. The zero-order valence-electron chi connectivity index (χ0n) is 5.32. The van der Waals surface area contributed by atoms with E-state index in [9.17, 15) is 4.79 Å². The molecule has 1 aliphatic carbocycles. The van der Waals surface area contributed by atoms with Gasteiger partial charge in [0, 0.05) is 0 Å². The van der Waals surface area contributed by atoms with Crippen LogP contribution in [0.5, 0.6) is 0 Å². The molecule has 0 aliphatic heterocycles. The largest absolute Gasteiger partial charge is 0.511 e. The number of aliphatic hydroxyl groups excluding tert-OH is 1. The van der Waals surface area contributed by atoms with Crippen LogP contribution >= 0.6 is 0 Å². The van der Waals surface area contributed by atoms with E-state index in [-0.39, 0.29) is 5.76 Å². The highest BCUT2D eigenvalue weighted by atomic mass is 16.4. The first-order valence-electron chi connectivity index (χ1n) is 3.00. The van der Waals surface area contributed by atoms with Gasteiger partial charge in [-0.25, -0.2) is 0 Å². The number of carboxylic acid groups (broad SMARTS) is 1. The van der Waals surface area contributed by atoms with Crippen LogP contribution in [0.2, 0.25) is 0 Å². The zero-order chi connectivity index (χ0) is 7.56. The van der Waals surface area contributed by atoms with Crippen molar-refractivity contribution >= 4 is 5.97 Å². The van der Waals surface area contributed by atoms with Gasteiger partial charge in [0.2, 0.25) is 0 Å². The van der Waals surface area contributed by atoms with E-state index in [1.165, 1.54) is 6.08 Å². The third kappa shape index (κ3) is 1.18. The van der Waals surface area contributed by atoms with Gasteiger partial charge in [0.1, 0.15) is 11.7 Å². The Bertz CT molecular complexity index is 203. The fraction of sp³-hybridized carbons (Fsp3) is 0.286. The predicted molar refractivity (Wildman–Crippen MR) is 35.6 cm³/mol. The van der Waals surface area contributed by atoms with Crippen LogP contribution in [-0.2, 0) is 4.79 Å². The molecule has 54 valence electrons. The van der Waals surface area contributed by atoms with E-state index in [0.717, 1.165) is 0 Å². The van der Waals surface area contributed by atoms with E-state index in [2.05, 4.69) is 0 Å². The van der Waals surface area contributed by atoms with E-state index in [1.54, 1.807) is 12.2 Å². The number of hydrogen-bond donors (Lipinski definition) is 2. The Labute approximate surface area is 58.3 Å². The van der Waals surface area contributed by atoms with E-state index >= 15 is 0 Å². The summed E-state index contributed by atoms with van der Waals surface area (Å²) < 4.78 is 0. The van der Waals surface area contributed by atoms with Gasteiger partial charge < -0.3 is 10.2 Å². The van der Waals surface area contributed by atoms with Gasteiger partial charge in [-0.2, -0.15) is 0 Å². The van der Waals surface area contributed by atoms with Gasteiger partial charge in [-0.05, 0) is 12.5 Å². The van der Waals surface area contributed by atoms with E-state index in [1.807, 2.05) is 0 Å². The fourth-order valence-electron chi connectivity index (χ4n) is 0.846. The molecule has 0 aromatic heterocycles. The van der Waals surface area contributed by atoms with Gasteiger partial charge in [0.05, 0.1) is 0 Å². The van der Waals surface area contributed by atoms with Crippen molar-refractivity contribution in [2.45, 2.75) is 6.42 Å². The molecular weight excluding hydrogens is 132 g/mol. The Morgan fingerprint density at radius 3 is 2.80 bits per heavy atom. The highest BCUT2D eigenvalue weighted by Crippen LogP contribution is 2.17. The molecule has 0 heterocycles. The predicted octanol–water partition coefficient (Wildman–Crippen LogP) is 1.09. The molecule has 1 aliphatic rings. The van der Waals surface area contributed by atoms with Crippen molar-refractivity contribution in [2.75, 3.05) is 0 Å². The molecule has 0 radical (unpaired) electrons. The van der Waals surface area contributed by atoms with Crippen molar-refractivity contribution in [3.05, 3.63) is 24.0 Å². The zero-order valence-corrected chi connectivity index (χ0v) is 5.32. The lowest BCUT2D eigenvalue weighted by atomic mass is 9.99. The Balaban J connectivity index is 2.73. The maximum atomic E-state index is 10.3. The van der Waals surface area contributed by atoms with Gasteiger partial charge in [-0.1, -0.05) is 12.2 Å². The lowest BCUT2D eigenvalue weighted by molar-refractivity contribution is -0.141. The number of hydrogen-bond acceptors (Lipinski definition) is 2. The highest BCUT2D eigenvalue weighted by Gasteiger charge is 2.21. The summed E-state index contributed by atoms with van der Waals surface area (Å²) in [6.07, 6.45) is 5.16. The average Bonchev–Trinajstić information content (AvgIpc) is 1.88. The summed E-state index contributed by atoms with van der Waals surface area (Å²) in [5, 5.41) is 17.4. The van der Waals surface area contributed by atoms with Gasteiger partial charge in [-0.3, -0.25) is 4.79 Å². The molecule has 0 bridgehead atoms. The second-order valence-corrected chi connectivity index (χ2v) is 2.15. The van der Waals surface area contributed by atoms with Crippen LogP contribution in [0, 0.1) is 5.92 Å². The van der Waals surface area contributed by atoms with E-state index in [4.69, 9.17) is 10.2 Å². The minimum atomic E-state index is -0.974. The third-order valence-electron chi connectivity index (χ3n) is 1.43. The summed E-state index contributed by atoms with van der Waals surface area (Å²) in [4.78, 5) is 10.3. The third-order valence-corrected chi connectivity index (χ3v) is 1.43. The van der Waals surface area contributed by atoms with Crippen molar-refractivity contribution in [1.82, 2.24) is 0 Å². The molecule has 0 saturated heterocycles. The molecular formula is C7H8O3. The Kier molecular flexibility index (Phi) is 1.76. The van der Waals surface area contributed by atoms with Crippen LogP contribution in [0.3, 0.4) is 0 Å². The highest BCUT2D eigenvalue weighted by molar-refractivity contribution is 5.73. The minimum Gasteiger partial charge on any atom is -0.511 e. The van der Waals surface area contributed by atoms with Crippen LogP contribution < -0.4 is 0 Å². The van der Waals surface area contributed by atoms with Crippen LogP contribution in [0.4, 0.5) is 0 Å². The smallest absolute Gasteiger partial charge is 0.314 e. The molecule has 0 aromatic carbocycles. The number of rotatable bonds is 1. The van der Waals surface area contributed by atoms with Gasteiger partial charge in [0.25, 0.3) is 0 Å². The Morgan fingerprint density at radius 2 is 2.40 bits per heavy atom. The second-order valence-electron chi connectivity index (χ2n) is 2.15. The van der Waals surface area contributed by atoms with Crippen LogP contribution in [0.1, 0.15) is 6.42 Å². The molecule has 3 nitrogen and oxygen atoms in total. The summed E-state index contributed by atoms with van der Waals surface area (Å²) in [5.74, 6) is -1.77. The molecule has 0 spiro atoms. The molecule has 1 rings (SSSR count). The molecule has 0 fully saturated rings. The molecule has 2 N–H and O–H groups in total. The fourth-order valence-corrected chi connectivity index (χ4v) is 0.846. The molecule has 3 heteroatoms. The maximum absolute atomic E-state index is 10.3. The second kappa shape index (κ2) is 2.56. The standard InChI is InChI=1S/C7H8O3/c8-6-4-2-1-3-5(6)7(9)10/h1-2,4-5,8H,3H2,(H,9,10). The van der Waals surface area contributed by atoms with Crippen LogP contribution in [0.15, 0.2) is 24.0 Å². The van der Waals surface area contributed by atoms with Gasteiger partial charge in [0.15, 0.2) is 0 Å². The van der Waals surface area contributed by atoms with Crippen molar-refractivity contribution in [3.8, 4) is 0 Å². The molecule has 10 heavy (non-hydrogen) atoms. The number of carbonyl (C=O) groups is 1. The van der Waals surface area contributed by atoms with Gasteiger partial charge >= 0.3 is 5.97 Å². The summed E-state index contributed by atoms with van der Waals surface area (Å²) in [7, 11) is 0. The van der Waals surface area contributed by atoms with E-state index in [0.29, 0.717) is 6.42 Å². The summed E-state index contributed by atoms with van der Waals surface area (Å²) >= 11 is 0. The van der Waals surface area contributed by atoms with Crippen molar-refractivity contribution in [2.24, 2.45) is 5.92 Å². The Hall–Kier alpha value is -1.25. The number of aliphatic carboxylic acids is 1. The summed E-state index contributed by atoms with van der Waals surface area (Å²) in [6.45, 7) is 0. The summed E-state index contributed by atoms with van der Waals surface area (Å²) in [6, 6.07) is 0. The topological polar surface area (TPSA) is 57.5 Å². The molecule has 0 amide bonds. The summed E-state index contributed by atoms with van der Waals surface area (Å²) in [5.41, 5.74) is 0. The Morgan fingerprint density at radius 1 is 1.70 bits per heavy atom. The first kappa shape index (κ1) is 6.86. The SMILES string of the molecule is O=C(O)C1CC=CC=C1O. The van der Waals surface area contributed by atoms with Crippen molar-refractivity contribution in [3.63, 3.8) is 0 Å². The van der Waals surface area contributed by atoms with Gasteiger partial charge in [-0.15, -0.1) is 0 Å². The molecule has 0 aromatic rings. The lowest BCUT2D eigenvalue weighted by Gasteiger charge is -2.10. The monoisotopic (exact) mass is 140 g/mol. The average molecular weight is 140 g/mol. The maximum Gasteiger partial charge on any atom is 0.314 e. The molecule has 0 saturated carbocycles. The normalized spacial score (nSPS) is 24.0. The minimum absolute atomic E-state index is 0.0602. The van der Waals surface area contributed by atoms with Crippen LogP contribution in [0.25, 0.3) is 0 Å². The molecule has 1 atom stereocenters. The van der Waals surface area contributed by atoms with Crippen LogP contribution in [-0.4, -0.2) is 16.2 Å².